The minimum absolute atomic E-state index is 0.0727. The van der Waals surface area contributed by atoms with E-state index in [0.717, 1.165) is 16.7 Å². The Balaban J connectivity index is 2.09. The van der Waals surface area contributed by atoms with E-state index < -0.39 is 11.9 Å². The highest BCUT2D eigenvalue weighted by molar-refractivity contribution is 5.93. The summed E-state index contributed by atoms with van der Waals surface area (Å²) >= 11 is 0. The highest BCUT2D eigenvalue weighted by Crippen LogP contribution is 2.13. The SMILES string of the molecule is COC(=O)c1cc(C(=O)OCc2ccc(C)cc2C)n(C)n1. The van der Waals surface area contributed by atoms with Crippen molar-refractivity contribution >= 4 is 11.9 Å². The van der Waals surface area contributed by atoms with E-state index in [1.807, 2.05) is 32.0 Å². The van der Waals surface area contributed by atoms with Crippen molar-refractivity contribution < 1.29 is 19.1 Å². The van der Waals surface area contributed by atoms with E-state index in [1.54, 1.807) is 7.05 Å². The molecule has 1 heterocycles. The Morgan fingerprint density at radius 2 is 1.91 bits per heavy atom. The van der Waals surface area contributed by atoms with Crippen LogP contribution in [0.2, 0.25) is 0 Å². The van der Waals surface area contributed by atoms with Crippen molar-refractivity contribution in [2.24, 2.45) is 7.05 Å². The first-order valence-electron chi connectivity index (χ1n) is 6.78. The number of ether oxygens (including phenoxy) is 2. The monoisotopic (exact) mass is 302 g/mol. The Morgan fingerprint density at radius 3 is 2.55 bits per heavy atom. The average molecular weight is 302 g/mol. The molecule has 0 N–H and O–H groups in total. The highest BCUT2D eigenvalue weighted by atomic mass is 16.5. The number of carbonyl (C=O) groups excluding carboxylic acids is 2. The fraction of sp³-hybridized carbons (Fsp3) is 0.312. The van der Waals surface area contributed by atoms with Crippen LogP contribution in [0.1, 0.15) is 37.7 Å². The second kappa shape index (κ2) is 6.43. The number of hydrogen-bond acceptors (Lipinski definition) is 5. The molecular weight excluding hydrogens is 284 g/mol. The van der Waals surface area contributed by atoms with E-state index in [4.69, 9.17) is 4.74 Å². The molecular formula is C16H18N2O4. The maximum atomic E-state index is 12.1. The average Bonchev–Trinajstić information content (AvgIpc) is 2.87. The molecule has 0 aliphatic heterocycles. The fourth-order valence-electron chi connectivity index (χ4n) is 2.09. The van der Waals surface area contributed by atoms with Crippen LogP contribution in [0, 0.1) is 13.8 Å². The van der Waals surface area contributed by atoms with Crippen molar-refractivity contribution in [1.82, 2.24) is 9.78 Å². The maximum absolute atomic E-state index is 12.1. The van der Waals surface area contributed by atoms with Crippen LogP contribution >= 0.6 is 0 Å². The van der Waals surface area contributed by atoms with Gasteiger partial charge in [-0.1, -0.05) is 23.8 Å². The van der Waals surface area contributed by atoms with E-state index >= 15 is 0 Å². The molecule has 2 aromatic rings. The summed E-state index contributed by atoms with van der Waals surface area (Å²) in [5.41, 5.74) is 3.43. The van der Waals surface area contributed by atoms with Gasteiger partial charge in [0.1, 0.15) is 12.3 Å². The second-order valence-corrected chi connectivity index (χ2v) is 5.04. The van der Waals surface area contributed by atoms with Crippen LogP contribution in [0.25, 0.3) is 0 Å². The number of benzene rings is 1. The third-order valence-electron chi connectivity index (χ3n) is 3.34. The summed E-state index contributed by atoms with van der Waals surface area (Å²) in [7, 11) is 2.83. The third-order valence-corrected chi connectivity index (χ3v) is 3.34. The molecule has 0 fully saturated rings. The number of rotatable bonds is 4. The molecule has 116 valence electrons. The molecule has 0 bridgehead atoms. The molecule has 1 aromatic heterocycles. The molecule has 0 saturated carbocycles. The summed E-state index contributed by atoms with van der Waals surface area (Å²) in [6, 6.07) is 7.29. The van der Waals surface area contributed by atoms with Gasteiger partial charge >= 0.3 is 11.9 Å². The van der Waals surface area contributed by atoms with E-state index in [0.29, 0.717) is 0 Å². The molecule has 2 rings (SSSR count). The van der Waals surface area contributed by atoms with Crippen LogP contribution < -0.4 is 0 Å². The molecule has 0 radical (unpaired) electrons. The summed E-state index contributed by atoms with van der Waals surface area (Å²) < 4.78 is 11.2. The molecule has 22 heavy (non-hydrogen) atoms. The van der Waals surface area contributed by atoms with Crippen LogP contribution in [0.4, 0.5) is 0 Å². The van der Waals surface area contributed by atoms with Gasteiger partial charge in [-0.05, 0) is 25.0 Å². The maximum Gasteiger partial charge on any atom is 0.358 e. The topological polar surface area (TPSA) is 70.4 Å². The van der Waals surface area contributed by atoms with Gasteiger partial charge in [-0.15, -0.1) is 0 Å². The summed E-state index contributed by atoms with van der Waals surface area (Å²) in [6.45, 7) is 4.14. The van der Waals surface area contributed by atoms with Gasteiger partial charge in [0, 0.05) is 13.1 Å². The first-order chi connectivity index (χ1) is 10.4. The first kappa shape index (κ1) is 15.8. The number of esters is 2. The summed E-state index contributed by atoms with van der Waals surface area (Å²) in [5.74, 6) is -1.13. The van der Waals surface area contributed by atoms with Gasteiger partial charge in [0.05, 0.1) is 7.11 Å². The zero-order valence-corrected chi connectivity index (χ0v) is 13.0. The summed E-state index contributed by atoms with van der Waals surface area (Å²) in [6.07, 6.45) is 0. The minimum atomic E-state index is -0.593. The molecule has 1 aromatic carbocycles. The van der Waals surface area contributed by atoms with Crippen molar-refractivity contribution in [3.63, 3.8) is 0 Å². The second-order valence-electron chi connectivity index (χ2n) is 5.04. The van der Waals surface area contributed by atoms with E-state index in [-0.39, 0.29) is 18.0 Å². The van der Waals surface area contributed by atoms with Crippen molar-refractivity contribution in [1.29, 1.82) is 0 Å². The largest absolute Gasteiger partial charge is 0.464 e. The minimum Gasteiger partial charge on any atom is -0.464 e. The smallest absolute Gasteiger partial charge is 0.358 e. The van der Waals surface area contributed by atoms with Crippen LogP contribution in [0.3, 0.4) is 0 Å². The Bertz CT molecular complexity index is 719. The van der Waals surface area contributed by atoms with Crippen LogP contribution in [0.15, 0.2) is 24.3 Å². The lowest BCUT2D eigenvalue weighted by molar-refractivity contribution is 0.0459. The molecule has 6 nitrogen and oxygen atoms in total. The molecule has 6 heteroatoms. The highest BCUT2D eigenvalue weighted by Gasteiger charge is 2.19. The summed E-state index contributed by atoms with van der Waals surface area (Å²) in [5, 5.41) is 3.93. The predicted octanol–water partition coefficient (Wildman–Crippen LogP) is 2.18. The lowest BCUT2D eigenvalue weighted by Crippen LogP contribution is -2.11. The lowest BCUT2D eigenvalue weighted by atomic mass is 10.1. The quantitative estimate of drug-likeness (QED) is 0.810. The molecule has 0 aliphatic carbocycles. The van der Waals surface area contributed by atoms with Gasteiger partial charge in [-0.25, -0.2) is 9.59 Å². The standard InChI is InChI=1S/C16H18N2O4/c1-10-5-6-12(11(2)7-10)9-22-16(20)14-8-13(15(19)21-4)17-18(14)3/h5-8H,9H2,1-4H3. The van der Waals surface area contributed by atoms with E-state index in [9.17, 15) is 9.59 Å². The van der Waals surface area contributed by atoms with Crippen LogP contribution in [-0.4, -0.2) is 28.8 Å². The molecule has 0 spiro atoms. The lowest BCUT2D eigenvalue weighted by Gasteiger charge is -2.08. The van der Waals surface area contributed by atoms with Gasteiger partial charge in [-0.2, -0.15) is 5.10 Å². The van der Waals surface area contributed by atoms with E-state index in [1.165, 1.54) is 17.9 Å². The van der Waals surface area contributed by atoms with Gasteiger partial charge in [0.15, 0.2) is 5.69 Å². The van der Waals surface area contributed by atoms with Crippen LogP contribution in [0.5, 0.6) is 0 Å². The normalized spacial score (nSPS) is 10.4. The number of aromatic nitrogens is 2. The number of carbonyl (C=O) groups is 2. The van der Waals surface area contributed by atoms with Crippen LogP contribution in [-0.2, 0) is 23.1 Å². The predicted molar refractivity (Wildman–Crippen MR) is 79.6 cm³/mol. The Kier molecular flexibility index (Phi) is 4.60. The number of aryl methyl sites for hydroxylation is 3. The number of methoxy groups -OCH3 is 1. The molecule has 0 saturated heterocycles. The van der Waals surface area contributed by atoms with Gasteiger partial charge in [-0.3, -0.25) is 4.68 Å². The Hall–Kier alpha value is -2.63. The Labute approximate surface area is 128 Å². The van der Waals surface area contributed by atoms with Gasteiger partial charge in [0.2, 0.25) is 0 Å². The number of nitrogens with zero attached hydrogens (tertiary/aromatic N) is 2. The van der Waals surface area contributed by atoms with Crippen molar-refractivity contribution in [2.45, 2.75) is 20.5 Å². The molecule has 0 atom stereocenters. The Morgan fingerprint density at radius 1 is 1.18 bits per heavy atom. The van der Waals surface area contributed by atoms with Crippen molar-refractivity contribution in [3.8, 4) is 0 Å². The fourth-order valence-corrected chi connectivity index (χ4v) is 2.09. The zero-order chi connectivity index (χ0) is 16.3. The molecule has 0 aliphatic rings. The van der Waals surface area contributed by atoms with Gasteiger partial charge in [0.25, 0.3) is 0 Å². The molecule has 0 unspecified atom stereocenters. The first-order valence-corrected chi connectivity index (χ1v) is 6.78. The van der Waals surface area contributed by atoms with Crippen molar-refractivity contribution in [3.05, 3.63) is 52.3 Å². The van der Waals surface area contributed by atoms with Crippen molar-refractivity contribution in [2.75, 3.05) is 7.11 Å². The zero-order valence-electron chi connectivity index (χ0n) is 13.0. The third kappa shape index (κ3) is 3.33. The van der Waals surface area contributed by atoms with E-state index in [2.05, 4.69) is 9.84 Å². The van der Waals surface area contributed by atoms with Gasteiger partial charge < -0.3 is 9.47 Å². The number of hydrogen-bond donors (Lipinski definition) is 0. The summed E-state index contributed by atoms with van der Waals surface area (Å²) in [4.78, 5) is 23.5. The molecule has 0 amide bonds.